The Hall–Kier alpha value is -0.300. The van der Waals surface area contributed by atoms with E-state index >= 15 is 0 Å². The summed E-state index contributed by atoms with van der Waals surface area (Å²) in [5, 5.41) is 0. The summed E-state index contributed by atoms with van der Waals surface area (Å²) in [5.41, 5.74) is 0. The maximum atomic E-state index is 5.43. The lowest BCUT2D eigenvalue weighted by atomic mass is 10.3. The van der Waals surface area contributed by atoms with Crippen molar-refractivity contribution in [3.05, 3.63) is 12.7 Å². The maximum absolute atomic E-state index is 5.43. The van der Waals surface area contributed by atoms with Gasteiger partial charge in [-0.15, -0.1) is 6.58 Å². The second-order valence-electron chi connectivity index (χ2n) is 2.37. The van der Waals surface area contributed by atoms with Crippen LogP contribution in [0.4, 0.5) is 0 Å². The third-order valence-corrected chi connectivity index (χ3v) is 1.11. The van der Waals surface area contributed by atoms with Gasteiger partial charge in [0, 0.05) is 0 Å². The lowest BCUT2D eigenvalue weighted by Gasteiger charge is -2.13. The summed E-state index contributed by atoms with van der Waals surface area (Å²) in [6, 6.07) is 0. The van der Waals surface area contributed by atoms with Crippen LogP contribution < -0.4 is 0 Å². The lowest BCUT2D eigenvalue weighted by molar-refractivity contribution is 0.0340. The molecule has 0 radical (unpaired) electrons. The molecule has 1 atom stereocenters. The molecule has 1 nitrogen and oxygen atoms in total. The molecule has 0 bridgehead atoms. The zero-order chi connectivity index (χ0) is 7.28. The molecule has 0 amide bonds. The molecule has 0 aromatic rings. The van der Waals surface area contributed by atoms with E-state index in [1.165, 1.54) is 0 Å². The van der Waals surface area contributed by atoms with Crippen molar-refractivity contribution in [1.29, 1.82) is 0 Å². The Labute approximate surface area is 57.7 Å². The molecule has 1 unspecified atom stereocenters. The maximum Gasteiger partial charge on any atom is 0.0754 e. The first kappa shape index (κ1) is 8.70. The zero-order valence-electron chi connectivity index (χ0n) is 6.55. The predicted octanol–water partition coefficient (Wildman–Crippen LogP) is 2.38. The molecule has 9 heavy (non-hydrogen) atoms. The van der Waals surface area contributed by atoms with Crippen LogP contribution in [0.15, 0.2) is 12.7 Å². The minimum atomic E-state index is 0.241. The summed E-state index contributed by atoms with van der Waals surface area (Å²) in [5.74, 6) is 0. The SMILES string of the molecule is C=CC(CC)OC(C)C. The van der Waals surface area contributed by atoms with E-state index in [1.54, 1.807) is 0 Å². The second kappa shape index (κ2) is 4.57. The first-order valence-corrected chi connectivity index (χ1v) is 3.48. The summed E-state index contributed by atoms with van der Waals surface area (Å²) in [6.07, 6.45) is 3.42. The van der Waals surface area contributed by atoms with Crippen LogP contribution in [0.5, 0.6) is 0 Å². The highest BCUT2D eigenvalue weighted by molar-refractivity contribution is 4.78. The molecule has 0 aliphatic carbocycles. The highest BCUT2D eigenvalue weighted by Gasteiger charge is 2.01. The van der Waals surface area contributed by atoms with E-state index in [9.17, 15) is 0 Å². The van der Waals surface area contributed by atoms with Crippen LogP contribution in [0.3, 0.4) is 0 Å². The van der Waals surface area contributed by atoms with Crippen LogP contribution >= 0.6 is 0 Å². The normalized spacial score (nSPS) is 13.8. The Balaban J connectivity index is 3.42. The fraction of sp³-hybridized carbons (Fsp3) is 0.750. The number of hydrogen-bond acceptors (Lipinski definition) is 1. The van der Waals surface area contributed by atoms with Gasteiger partial charge >= 0.3 is 0 Å². The topological polar surface area (TPSA) is 9.23 Å². The van der Waals surface area contributed by atoms with Gasteiger partial charge < -0.3 is 4.74 Å². The quantitative estimate of drug-likeness (QED) is 0.528. The standard InChI is InChI=1S/C8H16O/c1-5-8(6-2)9-7(3)4/h5,7-8H,1,6H2,2-4H3. The van der Waals surface area contributed by atoms with E-state index in [0.29, 0.717) is 6.10 Å². The average Bonchev–Trinajstić information content (AvgIpc) is 1.82. The van der Waals surface area contributed by atoms with Crippen molar-refractivity contribution in [2.75, 3.05) is 0 Å². The van der Waals surface area contributed by atoms with Crippen molar-refractivity contribution >= 4 is 0 Å². The van der Waals surface area contributed by atoms with E-state index in [4.69, 9.17) is 4.74 Å². The average molecular weight is 128 g/mol. The van der Waals surface area contributed by atoms with Crippen LogP contribution in [0.2, 0.25) is 0 Å². The molecule has 0 aromatic carbocycles. The molecule has 0 saturated heterocycles. The van der Waals surface area contributed by atoms with Gasteiger partial charge in [-0.05, 0) is 20.3 Å². The van der Waals surface area contributed by atoms with E-state index < -0.39 is 0 Å². The smallest absolute Gasteiger partial charge is 0.0754 e. The highest BCUT2D eigenvalue weighted by atomic mass is 16.5. The van der Waals surface area contributed by atoms with Crippen LogP contribution in [-0.2, 0) is 4.74 Å². The molecule has 0 saturated carbocycles. The molecule has 0 aliphatic heterocycles. The molecule has 0 aliphatic rings. The van der Waals surface area contributed by atoms with E-state index in [2.05, 4.69) is 13.5 Å². The Morgan fingerprint density at radius 3 is 2.22 bits per heavy atom. The first-order chi connectivity index (χ1) is 4.20. The van der Waals surface area contributed by atoms with Crippen molar-refractivity contribution in [2.45, 2.75) is 39.4 Å². The van der Waals surface area contributed by atoms with Crippen molar-refractivity contribution in [2.24, 2.45) is 0 Å². The summed E-state index contributed by atoms with van der Waals surface area (Å²) >= 11 is 0. The first-order valence-electron chi connectivity index (χ1n) is 3.48. The molecule has 0 heterocycles. The van der Waals surface area contributed by atoms with Crippen molar-refractivity contribution in [1.82, 2.24) is 0 Å². The molecular formula is C8H16O. The molecule has 0 rings (SSSR count). The molecular weight excluding hydrogens is 112 g/mol. The zero-order valence-corrected chi connectivity index (χ0v) is 6.55. The Kier molecular flexibility index (Phi) is 4.41. The Bertz CT molecular complexity index is 76.6. The van der Waals surface area contributed by atoms with Gasteiger partial charge in [0.15, 0.2) is 0 Å². The van der Waals surface area contributed by atoms with Crippen molar-refractivity contribution in [3.63, 3.8) is 0 Å². The molecule has 0 N–H and O–H groups in total. The van der Waals surface area contributed by atoms with Crippen LogP contribution in [-0.4, -0.2) is 12.2 Å². The summed E-state index contributed by atoms with van der Waals surface area (Å²) in [6.45, 7) is 9.82. The fourth-order valence-electron chi connectivity index (χ4n) is 0.668. The largest absolute Gasteiger partial charge is 0.372 e. The highest BCUT2D eigenvalue weighted by Crippen LogP contribution is 2.01. The molecule has 0 spiro atoms. The van der Waals surface area contributed by atoms with E-state index in [-0.39, 0.29) is 6.10 Å². The number of rotatable bonds is 4. The van der Waals surface area contributed by atoms with E-state index in [1.807, 2.05) is 19.9 Å². The third kappa shape index (κ3) is 4.22. The van der Waals surface area contributed by atoms with Gasteiger partial charge in [-0.3, -0.25) is 0 Å². The van der Waals surface area contributed by atoms with Gasteiger partial charge in [-0.25, -0.2) is 0 Å². The summed E-state index contributed by atoms with van der Waals surface area (Å²) in [7, 11) is 0. The molecule has 0 fully saturated rings. The van der Waals surface area contributed by atoms with E-state index in [0.717, 1.165) is 6.42 Å². The van der Waals surface area contributed by atoms with Crippen LogP contribution in [0, 0.1) is 0 Å². The molecule has 0 aromatic heterocycles. The Morgan fingerprint density at radius 2 is 2.11 bits per heavy atom. The van der Waals surface area contributed by atoms with Crippen LogP contribution in [0.1, 0.15) is 27.2 Å². The van der Waals surface area contributed by atoms with Gasteiger partial charge in [-0.1, -0.05) is 13.0 Å². The van der Waals surface area contributed by atoms with Crippen molar-refractivity contribution < 1.29 is 4.74 Å². The minimum Gasteiger partial charge on any atom is -0.372 e. The van der Waals surface area contributed by atoms with Gasteiger partial charge in [0.05, 0.1) is 12.2 Å². The van der Waals surface area contributed by atoms with Gasteiger partial charge in [0.2, 0.25) is 0 Å². The predicted molar refractivity (Wildman–Crippen MR) is 40.5 cm³/mol. The molecule has 1 heteroatoms. The van der Waals surface area contributed by atoms with Gasteiger partial charge in [-0.2, -0.15) is 0 Å². The fourth-order valence-corrected chi connectivity index (χ4v) is 0.668. The van der Waals surface area contributed by atoms with Gasteiger partial charge in [0.1, 0.15) is 0 Å². The lowest BCUT2D eigenvalue weighted by Crippen LogP contribution is -2.13. The number of hydrogen-bond donors (Lipinski definition) is 0. The van der Waals surface area contributed by atoms with Gasteiger partial charge in [0.25, 0.3) is 0 Å². The summed E-state index contributed by atoms with van der Waals surface area (Å²) < 4.78 is 5.43. The monoisotopic (exact) mass is 128 g/mol. The van der Waals surface area contributed by atoms with Crippen LogP contribution in [0.25, 0.3) is 0 Å². The Morgan fingerprint density at radius 1 is 1.56 bits per heavy atom. The van der Waals surface area contributed by atoms with Crippen molar-refractivity contribution in [3.8, 4) is 0 Å². The summed E-state index contributed by atoms with van der Waals surface area (Å²) in [4.78, 5) is 0. The second-order valence-corrected chi connectivity index (χ2v) is 2.37. The minimum absolute atomic E-state index is 0.241. The number of ether oxygens (including phenoxy) is 1. The molecule has 54 valence electrons. The third-order valence-electron chi connectivity index (χ3n) is 1.11.